The Labute approximate surface area is 152 Å². The Morgan fingerprint density at radius 1 is 0.333 bits per heavy atom. The van der Waals surface area contributed by atoms with E-state index in [-0.39, 0.29) is 0 Å². The molecule has 0 N–H and O–H groups in total. The molecular formula is C24H44. The summed E-state index contributed by atoms with van der Waals surface area (Å²) in [5, 5.41) is 0. The second-order valence-electron chi connectivity index (χ2n) is 9.59. The van der Waals surface area contributed by atoms with Crippen molar-refractivity contribution in [3.63, 3.8) is 0 Å². The van der Waals surface area contributed by atoms with Crippen LogP contribution in [-0.4, -0.2) is 0 Å². The highest BCUT2D eigenvalue weighted by atomic mass is 14.5. The van der Waals surface area contributed by atoms with Crippen LogP contribution in [0.5, 0.6) is 0 Å². The van der Waals surface area contributed by atoms with E-state index in [1.165, 1.54) is 57.8 Å². The third-order valence-corrected chi connectivity index (χ3v) is 8.12. The molecule has 0 aromatic carbocycles. The van der Waals surface area contributed by atoms with Crippen LogP contribution in [0.15, 0.2) is 0 Å². The van der Waals surface area contributed by atoms with Crippen LogP contribution < -0.4 is 0 Å². The maximum Gasteiger partial charge on any atom is -0.0241 e. The predicted octanol–water partition coefficient (Wildman–Crippen LogP) is 8.44. The third-order valence-electron chi connectivity index (χ3n) is 8.12. The number of hydrogen-bond donors (Lipinski definition) is 0. The molecule has 24 heavy (non-hydrogen) atoms. The first-order chi connectivity index (χ1) is 11.9. The zero-order valence-electron chi connectivity index (χ0n) is 16.5. The summed E-state index contributed by atoms with van der Waals surface area (Å²) in [5.41, 5.74) is 0.759. The molecule has 0 aromatic heterocycles. The van der Waals surface area contributed by atoms with E-state index in [2.05, 4.69) is 0 Å². The molecule has 0 radical (unpaired) electrons. The second kappa shape index (κ2) is 10.2. The first-order valence-corrected chi connectivity index (χ1v) is 11.9. The number of rotatable bonds is 2. The van der Waals surface area contributed by atoms with E-state index in [1.54, 1.807) is 77.0 Å². The van der Waals surface area contributed by atoms with E-state index in [4.69, 9.17) is 0 Å². The SMILES string of the molecule is C1CCCC(C2(C3CCCCCCC3)CCCCCCC2)CCC1. The van der Waals surface area contributed by atoms with E-state index in [0.29, 0.717) is 0 Å². The Hall–Kier alpha value is 0. The van der Waals surface area contributed by atoms with Gasteiger partial charge in [0.15, 0.2) is 0 Å². The summed E-state index contributed by atoms with van der Waals surface area (Å²) in [6.45, 7) is 0. The average molecular weight is 333 g/mol. The molecule has 140 valence electrons. The molecule has 0 aromatic rings. The van der Waals surface area contributed by atoms with E-state index in [9.17, 15) is 0 Å². The van der Waals surface area contributed by atoms with Gasteiger partial charge in [-0.3, -0.25) is 0 Å². The molecule has 0 unspecified atom stereocenters. The second-order valence-corrected chi connectivity index (χ2v) is 9.59. The van der Waals surface area contributed by atoms with Crippen molar-refractivity contribution >= 4 is 0 Å². The summed E-state index contributed by atoms with van der Waals surface area (Å²) in [6, 6.07) is 0. The van der Waals surface area contributed by atoms with Crippen molar-refractivity contribution < 1.29 is 0 Å². The first kappa shape index (κ1) is 18.8. The standard InChI is InChI=1S/C24H44/c1-4-10-16-22(17-11-5-1)24(20-14-8-3-9-15-21-24)23-18-12-6-2-7-13-19-23/h22-23H,1-21H2. The van der Waals surface area contributed by atoms with Crippen LogP contribution in [-0.2, 0) is 0 Å². The van der Waals surface area contributed by atoms with Crippen LogP contribution in [0.2, 0.25) is 0 Å². The van der Waals surface area contributed by atoms with Gasteiger partial charge in [-0.25, -0.2) is 0 Å². The summed E-state index contributed by atoms with van der Waals surface area (Å²) in [7, 11) is 0. The summed E-state index contributed by atoms with van der Waals surface area (Å²) in [5.74, 6) is 2.17. The van der Waals surface area contributed by atoms with Crippen molar-refractivity contribution in [2.24, 2.45) is 17.3 Å². The molecule has 3 aliphatic rings. The topological polar surface area (TPSA) is 0 Å². The molecule has 0 bridgehead atoms. The zero-order chi connectivity index (χ0) is 16.5. The van der Waals surface area contributed by atoms with Crippen LogP contribution in [0.1, 0.15) is 135 Å². The van der Waals surface area contributed by atoms with Gasteiger partial charge < -0.3 is 0 Å². The first-order valence-electron chi connectivity index (χ1n) is 11.9. The van der Waals surface area contributed by atoms with Gasteiger partial charge in [0, 0.05) is 0 Å². The molecule has 3 aliphatic carbocycles. The average Bonchev–Trinajstić information content (AvgIpc) is 2.48. The zero-order valence-corrected chi connectivity index (χ0v) is 16.5. The maximum absolute atomic E-state index is 1.60. The highest BCUT2D eigenvalue weighted by Crippen LogP contribution is 2.54. The molecule has 0 spiro atoms. The summed E-state index contributed by atoms with van der Waals surface area (Å²) >= 11 is 0. The van der Waals surface area contributed by atoms with Crippen molar-refractivity contribution in [2.75, 3.05) is 0 Å². The van der Waals surface area contributed by atoms with Crippen LogP contribution in [0, 0.1) is 17.3 Å². The Bertz CT molecular complexity index is 283. The molecule has 3 fully saturated rings. The Morgan fingerprint density at radius 2 is 0.625 bits per heavy atom. The van der Waals surface area contributed by atoms with E-state index in [0.717, 1.165) is 17.3 Å². The Kier molecular flexibility index (Phi) is 8.00. The molecular weight excluding hydrogens is 288 g/mol. The monoisotopic (exact) mass is 332 g/mol. The van der Waals surface area contributed by atoms with Crippen molar-refractivity contribution in [1.82, 2.24) is 0 Å². The quantitative estimate of drug-likeness (QED) is 0.476. The molecule has 0 heteroatoms. The highest BCUT2D eigenvalue weighted by molar-refractivity contribution is 4.93. The Morgan fingerprint density at radius 3 is 1.00 bits per heavy atom. The van der Waals surface area contributed by atoms with Gasteiger partial charge in [0.05, 0.1) is 0 Å². The van der Waals surface area contributed by atoms with Crippen molar-refractivity contribution in [1.29, 1.82) is 0 Å². The van der Waals surface area contributed by atoms with E-state index >= 15 is 0 Å². The summed E-state index contributed by atoms with van der Waals surface area (Å²) in [4.78, 5) is 0. The molecule has 0 amide bonds. The molecule has 0 saturated heterocycles. The van der Waals surface area contributed by atoms with Crippen LogP contribution in [0.25, 0.3) is 0 Å². The molecule has 0 heterocycles. The Balaban J connectivity index is 1.79. The van der Waals surface area contributed by atoms with Gasteiger partial charge >= 0.3 is 0 Å². The van der Waals surface area contributed by atoms with Gasteiger partial charge in [-0.05, 0) is 55.8 Å². The van der Waals surface area contributed by atoms with Gasteiger partial charge in [0.1, 0.15) is 0 Å². The van der Waals surface area contributed by atoms with Gasteiger partial charge in [-0.15, -0.1) is 0 Å². The molecule has 3 saturated carbocycles. The number of hydrogen-bond acceptors (Lipinski definition) is 0. The lowest BCUT2D eigenvalue weighted by Gasteiger charge is -2.49. The lowest BCUT2D eigenvalue weighted by Crippen LogP contribution is -2.40. The van der Waals surface area contributed by atoms with Crippen molar-refractivity contribution in [3.05, 3.63) is 0 Å². The van der Waals surface area contributed by atoms with Crippen LogP contribution in [0.3, 0.4) is 0 Å². The van der Waals surface area contributed by atoms with E-state index in [1.807, 2.05) is 0 Å². The van der Waals surface area contributed by atoms with Crippen LogP contribution >= 0.6 is 0 Å². The lowest BCUT2D eigenvalue weighted by molar-refractivity contribution is 0.00686. The molecule has 0 nitrogen and oxygen atoms in total. The minimum Gasteiger partial charge on any atom is -0.0533 e. The third kappa shape index (κ3) is 5.01. The minimum absolute atomic E-state index is 0.759. The van der Waals surface area contributed by atoms with Gasteiger partial charge in [0.25, 0.3) is 0 Å². The smallest absolute Gasteiger partial charge is 0.0241 e. The fourth-order valence-corrected chi connectivity index (χ4v) is 6.78. The highest BCUT2D eigenvalue weighted by Gasteiger charge is 2.43. The van der Waals surface area contributed by atoms with Crippen molar-refractivity contribution in [2.45, 2.75) is 135 Å². The van der Waals surface area contributed by atoms with Crippen LogP contribution in [0.4, 0.5) is 0 Å². The van der Waals surface area contributed by atoms with Crippen molar-refractivity contribution in [3.8, 4) is 0 Å². The molecule has 0 aliphatic heterocycles. The summed E-state index contributed by atoms with van der Waals surface area (Å²) < 4.78 is 0. The lowest BCUT2D eigenvalue weighted by atomic mass is 9.55. The maximum atomic E-state index is 1.60. The normalized spacial score (nSPS) is 29.5. The molecule has 3 rings (SSSR count). The predicted molar refractivity (Wildman–Crippen MR) is 106 cm³/mol. The summed E-state index contributed by atoms with van der Waals surface area (Å²) in [6.07, 6.45) is 32.5. The van der Waals surface area contributed by atoms with Gasteiger partial charge in [0.2, 0.25) is 0 Å². The fraction of sp³-hybridized carbons (Fsp3) is 1.00. The van der Waals surface area contributed by atoms with Gasteiger partial charge in [-0.1, -0.05) is 96.3 Å². The van der Waals surface area contributed by atoms with E-state index < -0.39 is 0 Å². The molecule has 0 atom stereocenters. The fourth-order valence-electron chi connectivity index (χ4n) is 6.78. The largest absolute Gasteiger partial charge is 0.0533 e. The minimum atomic E-state index is 0.759. The van der Waals surface area contributed by atoms with Gasteiger partial charge in [-0.2, -0.15) is 0 Å².